The zero-order valence-corrected chi connectivity index (χ0v) is 29.6. The summed E-state index contributed by atoms with van der Waals surface area (Å²) in [7, 11) is 0. The van der Waals surface area contributed by atoms with E-state index < -0.39 is 25.6 Å². The van der Waals surface area contributed by atoms with Crippen LogP contribution < -0.4 is 35.2 Å². The van der Waals surface area contributed by atoms with E-state index >= 15 is 0 Å². The van der Waals surface area contributed by atoms with Crippen LogP contribution in [0.4, 0.5) is 8.78 Å². The third kappa shape index (κ3) is 6.47. The topological polar surface area (TPSA) is 0 Å². The van der Waals surface area contributed by atoms with E-state index in [-0.39, 0.29) is 36.4 Å². The Bertz CT molecular complexity index is 1610. The van der Waals surface area contributed by atoms with Crippen LogP contribution in [0.15, 0.2) is 139 Å². The normalized spacial score (nSPS) is 14.0. The second-order valence-electron chi connectivity index (χ2n) is 10.3. The van der Waals surface area contributed by atoms with Crippen LogP contribution in [0.25, 0.3) is 11.1 Å². The fraction of sp³-hybridized carbons (Fsp3) is 0.111. The zero-order chi connectivity index (χ0) is 27.6. The summed E-state index contributed by atoms with van der Waals surface area (Å²) in [4.78, 5) is 0. The van der Waals surface area contributed by atoms with E-state index in [1.807, 2.05) is 24.3 Å². The number of benzene rings is 4. The molecule has 0 N–H and O–H groups in total. The molecule has 0 unspecified atom stereocenters. The molecule has 2 aliphatic carbocycles. The van der Waals surface area contributed by atoms with Gasteiger partial charge >= 0.3 is 244 Å². The number of allylic oxidation sites excluding steroid dienone is 8. The first-order valence-corrected chi connectivity index (χ1v) is 24.2. The van der Waals surface area contributed by atoms with E-state index in [1.165, 1.54) is 32.7 Å². The maximum atomic E-state index is 13.8. The minimum atomic E-state index is -2.82. The standard InChI is InChI=1S/2C12H10F.C12H10Si.2ClH.Hf/c2*1-9-3-2-4-12(9)10-5-7-11(13)8-6-10;1-3-7-11(8-4-1)13-12-9-5-2-6-10-12;;;/h2*4-8H,2H2,1H3;1-10H;2*1H;/q;;;;;+2/p-2. The molecule has 0 amide bonds. The first-order chi connectivity index (χ1) is 19.5. The van der Waals surface area contributed by atoms with E-state index in [4.69, 9.17) is 0 Å². The summed E-state index contributed by atoms with van der Waals surface area (Å²) < 4.78 is 30.8. The Hall–Kier alpha value is -2.63. The molecule has 0 spiro atoms. The molecule has 0 atom stereocenters. The van der Waals surface area contributed by atoms with Gasteiger partial charge in [-0.1, -0.05) is 0 Å². The van der Waals surface area contributed by atoms with Gasteiger partial charge in [0.1, 0.15) is 0 Å². The van der Waals surface area contributed by atoms with E-state index in [0.29, 0.717) is 0 Å². The monoisotopic (exact) mass is 778 g/mol. The van der Waals surface area contributed by atoms with Crippen molar-refractivity contribution in [2.75, 3.05) is 0 Å². The summed E-state index contributed by atoms with van der Waals surface area (Å²) in [6.45, 7) is 4.58. The van der Waals surface area contributed by atoms with Crippen LogP contribution in [0.5, 0.6) is 0 Å². The summed E-state index contributed by atoms with van der Waals surface area (Å²) in [5, 5.41) is 2.96. The summed E-state index contributed by atoms with van der Waals surface area (Å²) in [6, 6.07) is 36.2. The van der Waals surface area contributed by atoms with Gasteiger partial charge in [-0.2, -0.15) is 0 Å². The van der Waals surface area contributed by atoms with Crippen molar-refractivity contribution in [3.8, 4) is 0 Å². The predicted molar refractivity (Wildman–Crippen MR) is 161 cm³/mol. The van der Waals surface area contributed by atoms with E-state index in [0.717, 1.165) is 24.0 Å². The molecule has 4 aromatic rings. The maximum Gasteiger partial charge on any atom is -1.00 e. The van der Waals surface area contributed by atoms with Crippen molar-refractivity contribution in [3.05, 3.63) is 162 Å². The third-order valence-corrected chi connectivity index (χ3v) is 35.4. The van der Waals surface area contributed by atoms with Crippen LogP contribution in [-0.4, -0.2) is 5.49 Å². The average molecular weight is 778 g/mol. The van der Waals surface area contributed by atoms with Crippen molar-refractivity contribution >= 4 is 27.0 Å². The van der Waals surface area contributed by atoms with Crippen molar-refractivity contribution in [3.63, 3.8) is 0 Å². The van der Waals surface area contributed by atoms with Crippen LogP contribution in [0.2, 0.25) is 0 Å². The molecule has 0 radical (unpaired) electrons. The van der Waals surface area contributed by atoms with Crippen LogP contribution in [-0.2, 0) is 20.1 Å². The van der Waals surface area contributed by atoms with Crippen molar-refractivity contribution < 1.29 is 53.7 Å². The van der Waals surface area contributed by atoms with Crippen LogP contribution in [0.1, 0.15) is 37.8 Å². The van der Waals surface area contributed by atoms with Gasteiger partial charge < -0.3 is 24.8 Å². The van der Waals surface area contributed by atoms with Gasteiger partial charge in [0.15, 0.2) is 0 Å². The molecule has 2 aliphatic rings. The number of halogens is 4. The summed E-state index contributed by atoms with van der Waals surface area (Å²) in [5.74, 6) is -0.405. The van der Waals surface area contributed by atoms with E-state index in [1.54, 1.807) is 30.9 Å². The van der Waals surface area contributed by atoms with Crippen LogP contribution in [0.3, 0.4) is 0 Å². The van der Waals surface area contributed by atoms with Gasteiger partial charge in [-0.25, -0.2) is 0 Å². The zero-order valence-electron chi connectivity index (χ0n) is 23.5. The third-order valence-electron chi connectivity index (χ3n) is 8.02. The molecule has 0 saturated heterocycles. The van der Waals surface area contributed by atoms with Gasteiger partial charge in [-0.05, 0) is 0 Å². The minimum absolute atomic E-state index is 0. The summed E-state index contributed by atoms with van der Waals surface area (Å²) >= 11 is -2.82. The Morgan fingerprint density at radius 1 is 0.524 bits per heavy atom. The number of hydrogen-bond donors (Lipinski definition) is 0. The van der Waals surface area contributed by atoms with Crippen molar-refractivity contribution in [2.45, 2.75) is 26.7 Å². The number of rotatable bonds is 6. The first-order valence-electron chi connectivity index (χ1n) is 13.7. The Kier molecular flexibility index (Phi) is 10.9. The molecule has 0 fully saturated rings. The van der Waals surface area contributed by atoms with Crippen LogP contribution in [0, 0.1) is 11.6 Å². The van der Waals surface area contributed by atoms with Gasteiger partial charge in [0.05, 0.1) is 0 Å². The Balaban J connectivity index is 0.00000202. The van der Waals surface area contributed by atoms with Gasteiger partial charge in [-0.15, -0.1) is 0 Å². The van der Waals surface area contributed by atoms with Crippen LogP contribution >= 0.6 is 0 Å². The quantitative estimate of drug-likeness (QED) is 0.264. The molecule has 0 aliphatic heterocycles. The Morgan fingerprint density at radius 2 is 0.881 bits per heavy atom. The number of hydrogen-bond acceptors (Lipinski definition) is 0. The molecule has 0 aromatic heterocycles. The maximum absolute atomic E-state index is 13.8. The molecule has 0 bridgehead atoms. The fourth-order valence-corrected chi connectivity index (χ4v) is 36.8. The summed E-state index contributed by atoms with van der Waals surface area (Å²) in [5.41, 5.74) is 6.38. The Morgan fingerprint density at radius 3 is 1.24 bits per heavy atom. The molecule has 6 rings (SSSR count). The smallest absolute Gasteiger partial charge is 1.00 e. The first kappa shape index (κ1) is 32.3. The van der Waals surface area contributed by atoms with Crippen molar-refractivity contribution in [2.24, 2.45) is 0 Å². The SMILES string of the molecule is CC1=[C]([Hf+2]([C]2=C(C)C(c3ccc(F)cc3)=CC2)=[Si](c2ccccc2)c2ccccc2)CC=C1c1ccc(F)cc1.[Cl-].[Cl-]. The molecule has 42 heavy (non-hydrogen) atoms. The van der Waals surface area contributed by atoms with Gasteiger partial charge in [-0.3, -0.25) is 0 Å². The molecular formula is C36H30Cl2F2HfSi. The van der Waals surface area contributed by atoms with E-state index in [2.05, 4.69) is 86.7 Å². The van der Waals surface area contributed by atoms with Crippen molar-refractivity contribution in [1.82, 2.24) is 0 Å². The average Bonchev–Trinajstić information content (AvgIpc) is 3.55. The molecule has 210 valence electrons. The molecule has 0 saturated carbocycles. The molecule has 6 heteroatoms. The second kappa shape index (κ2) is 14.2. The van der Waals surface area contributed by atoms with Crippen molar-refractivity contribution in [1.29, 1.82) is 0 Å². The second-order valence-corrected chi connectivity index (χ2v) is 28.8. The predicted octanol–water partition coefficient (Wildman–Crippen LogP) is 2.22. The minimum Gasteiger partial charge on any atom is -1.00 e. The fourth-order valence-electron chi connectivity index (χ4n) is 6.00. The molecule has 0 nitrogen and oxygen atoms in total. The Labute approximate surface area is 267 Å². The van der Waals surface area contributed by atoms with Gasteiger partial charge in [0, 0.05) is 0 Å². The molecule has 0 heterocycles. The largest absolute Gasteiger partial charge is 1.00 e. The summed E-state index contributed by atoms with van der Waals surface area (Å²) in [6.07, 6.45) is 6.68. The molecular weight excluding hydrogens is 748 g/mol. The van der Waals surface area contributed by atoms with E-state index in [9.17, 15) is 8.78 Å². The molecule has 4 aromatic carbocycles. The van der Waals surface area contributed by atoms with Gasteiger partial charge in [0.25, 0.3) is 0 Å². The van der Waals surface area contributed by atoms with Gasteiger partial charge in [0.2, 0.25) is 0 Å².